The third kappa shape index (κ3) is 4.26. The van der Waals surface area contributed by atoms with Crippen LogP contribution in [-0.2, 0) is 4.79 Å². The summed E-state index contributed by atoms with van der Waals surface area (Å²) in [5, 5.41) is 5.75. The van der Waals surface area contributed by atoms with E-state index in [0.29, 0.717) is 18.3 Å². The highest BCUT2D eigenvalue weighted by Crippen LogP contribution is 2.10. The lowest BCUT2D eigenvalue weighted by molar-refractivity contribution is -0.121. The lowest BCUT2D eigenvalue weighted by atomic mass is 10.2. The first-order valence-corrected chi connectivity index (χ1v) is 5.61. The van der Waals surface area contributed by atoms with Gasteiger partial charge in [-0.15, -0.1) is 0 Å². The number of nitrogen functional groups attached to an aromatic ring is 1. The summed E-state index contributed by atoms with van der Waals surface area (Å²) in [6, 6.07) is -0.396. The fourth-order valence-electron chi connectivity index (χ4n) is 1.19. The molecule has 0 bridgehead atoms. The van der Waals surface area contributed by atoms with Crippen LogP contribution in [0, 0.1) is 5.92 Å². The van der Waals surface area contributed by atoms with E-state index in [0.717, 1.165) is 0 Å². The van der Waals surface area contributed by atoms with E-state index < -0.39 is 6.04 Å². The molecule has 1 aromatic heterocycles. The molecule has 0 aromatic carbocycles. The molecule has 1 aromatic rings. The van der Waals surface area contributed by atoms with Crippen LogP contribution in [-0.4, -0.2) is 28.5 Å². The Morgan fingerprint density at radius 2 is 2.00 bits per heavy atom. The standard InChI is InChI=1S/C11H19N5O/c1-7(2)6-15-11(17)8(3)16-10-9(12)13-4-5-14-10/h4-5,7-8H,6H2,1-3H3,(H2,12,13)(H,14,16)(H,15,17). The number of hydrogen-bond acceptors (Lipinski definition) is 5. The van der Waals surface area contributed by atoms with Crippen molar-refractivity contribution < 1.29 is 4.79 Å². The average molecular weight is 237 g/mol. The van der Waals surface area contributed by atoms with Crippen LogP contribution in [0.1, 0.15) is 20.8 Å². The SMILES string of the molecule is CC(C)CNC(=O)C(C)Nc1nccnc1N. The Balaban J connectivity index is 2.51. The van der Waals surface area contributed by atoms with E-state index in [1.807, 2.05) is 13.8 Å². The van der Waals surface area contributed by atoms with Crippen molar-refractivity contribution in [2.75, 3.05) is 17.6 Å². The number of nitrogens with one attached hydrogen (secondary N) is 2. The van der Waals surface area contributed by atoms with Crippen LogP contribution in [0.25, 0.3) is 0 Å². The van der Waals surface area contributed by atoms with Crippen LogP contribution in [0.2, 0.25) is 0 Å². The summed E-state index contributed by atoms with van der Waals surface area (Å²) in [5.74, 6) is 1.06. The van der Waals surface area contributed by atoms with Gasteiger partial charge in [-0.05, 0) is 12.8 Å². The van der Waals surface area contributed by atoms with E-state index in [4.69, 9.17) is 5.73 Å². The molecule has 0 fully saturated rings. The number of carbonyl (C=O) groups is 1. The zero-order valence-electron chi connectivity index (χ0n) is 10.4. The maximum Gasteiger partial charge on any atom is 0.242 e. The van der Waals surface area contributed by atoms with Crippen LogP contribution in [0.5, 0.6) is 0 Å². The van der Waals surface area contributed by atoms with Gasteiger partial charge in [-0.3, -0.25) is 4.79 Å². The predicted octanol–water partition coefficient (Wildman–Crippen LogP) is 0.631. The number of rotatable bonds is 5. The Bertz CT molecular complexity index is 380. The highest BCUT2D eigenvalue weighted by molar-refractivity contribution is 5.84. The second-order valence-corrected chi connectivity index (χ2v) is 4.30. The summed E-state index contributed by atoms with van der Waals surface area (Å²) in [7, 11) is 0. The molecule has 0 saturated carbocycles. The molecule has 0 aliphatic rings. The van der Waals surface area contributed by atoms with E-state index in [-0.39, 0.29) is 11.7 Å². The Hall–Kier alpha value is -1.85. The molecule has 0 saturated heterocycles. The third-order valence-corrected chi connectivity index (χ3v) is 2.16. The lowest BCUT2D eigenvalue weighted by Crippen LogP contribution is -2.39. The van der Waals surface area contributed by atoms with Crippen molar-refractivity contribution in [3.8, 4) is 0 Å². The molecule has 0 aliphatic heterocycles. The third-order valence-electron chi connectivity index (χ3n) is 2.16. The van der Waals surface area contributed by atoms with Crippen molar-refractivity contribution in [1.29, 1.82) is 0 Å². The molecule has 1 atom stereocenters. The van der Waals surface area contributed by atoms with Crippen molar-refractivity contribution in [3.05, 3.63) is 12.4 Å². The van der Waals surface area contributed by atoms with Gasteiger partial charge in [0.2, 0.25) is 5.91 Å². The van der Waals surface area contributed by atoms with Gasteiger partial charge in [0.05, 0.1) is 0 Å². The molecule has 0 radical (unpaired) electrons. The fraction of sp³-hybridized carbons (Fsp3) is 0.545. The van der Waals surface area contributed by atoms with Crippen molar-refractivity contribution in [2.45, 2.75) is 26.8 Å². The van der Waals surface area contributed by atoms with Crippen molar-refractivity contribution in [1.82, 2.24) is 15.3 Å². The molecule has 6 heteroatoms. The van der Waals surface area contributed by atoms with Crippen molar-refractivity contribution in [3.63, 3.8) is 0 Å². The average Bonchev–Trinajstić information content (AvgIpc) is 2.28. The van der Waals surface area contributed by atoms with Gasteiger partial charge in [-0.2, -0.15) is 0 Å². The molecule has 94 valence electrons. The van der Waals surface area contributed by atoms with Gasteiger partial charge in [-0.1, -0.05) is 13.8 Å². The van der Waals surface area contributed by atoms with Gasteiger partial charge in [0, 0.05) is 18.9 Å². The van der Waals surface area contributed by atoms with Crippen LogP contribution < -0.4 is 16.4 Å². The number of hydrogen-bond donors (Lipinski definition) is 3. The Morgan fingerprint density at radius 1 is 1.35 bits per heavy atom. The van der Waals surface area contributed by atoms with Crippen LogP contribution >= 0.6 is 0 Å². The first kappa shape index (κ1) is 13.2. The minimum atomic E-state index is -0.396. The van der Waals surface area contributed by atoms with Gasteiger partial charge in [0.25, 0.3) is 0 Å². The molecule has 0 spiro atoms. The molecule has 17 heavy (non-hydrogen) atoms. The minimum absolute atomic E-state index is 0.0799. The number of aromatic nitrogens is 2. The van der Waals surface area contributed by atoms with Crippen LogP contribution in [0.4, 0.5) is 11.6 Å². The number of anilines is 2. The first-order chi connectivity index (χ1) is 8.00. The molecular weight excluding hydrogens is 218 g/mol. The van der Waals surface area contributed by atoms with E-state index >= 15 is 0 Å². The van der Waals surface area contributed by atoms with Gasteiger partial charge in [0.1, 0.15) is 6.04 Å². The predicted molar refractivity (Wildman–Crippen MR) is 67.4 cm³/mol. The number of carbonyl (C=O) groups excluding carboxylic acids is 1. The van der Waals surface area contributed by atoms with Crippen molar-refractivity contribution in [2.24, 2.45) is 5.92 Å². The maximum absolute atomic E-state index is 11.7. The van der Waals surface area contributed by atoms with Gasteiger partial charge < -0.3 is 16.4 Å². The summed E-state index contributed by atoms with van der Waals surface area (Å²) < 4.78 is 0. The molecule has 1 unspecified atom stereocenters. The Kier molecular flexibility index (Phi) is 4.68. The lowest BCUT2D eigenvalue weighted by Gasteiger charge is -2.16. The zero-order chi connectivity index (χ0) is 12.8. The molecule has 1 heterocycles. The normalized spacial score (nSPS) is 12.2. The quantitative estimate of drug-likeness (QED) is 0.698. The van der Waals surface area contributed by atoms with E-state index in [1.54, 1.807) is 6.92 Å². The molecule has 1 rings (SSSR count). The van der Waals surface area contributed by atoms with E-state index in [1.165, 1.54) is 12.4 Å². The molecule has 6 nitrogen and oxygen atoms in total. The zero-order valence-corrected chi connectivity index (χ0v) is 10.4. The highest BCUT2D eigenvalue weighted by Gasteiger charge is 2.14. The summed E-state index contributed by atoms with van der Waals surface area (Å²) in [4.78, 5) is 19.6. The summed E-state index contributed by atoms with van der Waals surface area (Å²) in [6.07, 6.45) is 3.03. The smallest absolute Gasteiger partial charge is 0.242 e. The number of nitrogens with zero attached hydrogens (tertiary/aromatic N) is 2. The largest absolute Gasteiger partial charge is 0.381 e. The minimum Gasteiger partial charge on any atom is -0.381 e. The molecule has 0 aliphatic carbocycles. The van der Waals surface area contributed by atoms with Crippen molar-refractivity contribution >= 4 is 17.5 Å². The molecule has 1 amide bonds. The van der Waals surface area contributed by atoms with Gasteiger partial charge in [0.15, 0.2) is 11.6 Å². The van der Waals surface area contributed by atoms with Gasteiger partial charge >= 0.3 is 0 Å². The van der Waals surface area contributed by atoms with Crippen LogP contribution in [0.15, 0.2) is 12.4 Å². The maximum atomic E-state index is 11.7. The molecular formula is C11H19N5O. The Labute approximate surface area is 101 Å². The van der Waals surface area contributed by atoms with Crippen LogP contribution in [0.3, 0.4) is 0 Å². The summed E-state index contributed by atoms with van der Waals surface area (Å²) in [6.45, 7) is 6.49. The number of amides is 1. The molecule has 4 N–H and O–H groups in total. The Morgan fingerprint density at radius 3 is 2.59 bits per heavy atom. The summed E-state index contributed by atoms with van der Waals surface area (Å²) in [5.41, 5.74) is 5.62. The van der Waals surface area contributed by atoms with E-state index in [9.17, 15) is 4.79 Å². The fourth-order valence-corrected chi connectivity index (χ4v) is 1.19. The number of nitrogens with two attached hydrogens (primary N) is 1. The topological polar surface area (TPSA) is 92.9 Å². The van der Waals surface area contributed by atoms with Gasteiger partial charge in [-0.25, -0.2) is 9.97 Å². The second kappa shape index (κ2) is 6.03. The highest BCUT2D eigenvalue weighted by atomic mass is 16.2. The second-order valence-electron chi connectivity index (χ2n) is 4.30. The summed E-state index contributed by atoms with van der Waals surface area (Å²) >= 11 is 0. The first-order valence-electron chi connectivity index (χ1n) is 5.61. The monoisotopic (exact) mass is 237 g/mol. The van der Waals surface area contributed by atoms with E-state index in [2.05, 4.69) is 20.6 Å².